The van der Waals surface area contributed by atoms with Crippen LogP contribution >= 0.6 is 0 Å². The molecule has 0 aliphatic heterocycles. The van der Waals surface area contributed by atoms with Gasteiger partial charge in [0.05, 0.1) is 17.7 Å². The molecule has 0 fully saturated rings. The van der Waals surface area contributed by atoms with Crippen LogP contribution in [0.15, 0.2) is 77.7 Å². The molecule has 1 aromatic heterocycles. The lowest BCUT2D eigenvalue weighted by molar-refractivity contribution is -0.116. The van der Waals surface area contributed by atoms with Crippen molar-refractivity contribution in [1.82, 2.24) is 4.57 Å². The SMILES string of the molecule is CCOc1ccc(NC(=O)Cn2cc(C(=O)c3ccc(CC)cc3)c(=O)c3cc(CC)ccc32)cc1. The number of ether oxygens (including phenoxy) is 1. The van der Waals surface area contributed by atoms with Gasteiger partial charge in [0.1, 0.15) is 12.3 Å². The largest absolute Gasteiger partial charge is 0.494 e. The van der Waals surface area contributed by atoms with Crippen molar-refractivity contribution < 1.29 is 14.3 Å². The lowest BCUT2D eigenvalue weighted by atomic mass is 9.99. The smallest absolute Gasteiger partial charge is 0.244 e. The van der Waals surface area contributed by atoms with Gasteiger partial charge in [0.25, 0.3) is 0 Å². The van der Waals surface area contributed by atoms with Gasteiger partial charge in [-0.25, -0.2) is 0 Å². The van der Waals surface area contributed by atoms with Gasteiger partial charge in [-0.2, -0.15) is 0 Å². The first-order chi connectivity index (χ1) is 17.4. The van der Waals surface area contributed by atoms with Crippen LogP contribution in [-0.2, 0) is 24.2 Å². The zero-order chi connectivity index (χ0) is 25.7. The molecule has 184 valence electrons. The molecule has 0 radical (unpaired) electrons. The van der Waals surface area contributed by atoms with Crippen LogP contribution in [0.3, 0.4) is 0 Å². The number of nitrogens with one attached hydrogen (secondary N) is 1. The molecule has 0 saturated heterocycles. The summed E-state index contributed by atoms with van der Waals surface area (Å²) in [5.74, 6) is 0.102. The Balaban J connectivity index is 1.70. The van der Waals surface area contributed by atoms with E-state index in [1.165, 1.54) is 6.20 Å². The number of hydrogen-bond donors (Lipinski definition) is 1. The highest BCUT2D eigenvalue weighted by Gasteiger charge is 2.19. The Morgan fingerprint density at radius 2 is 1.53 bits per heavy atom. The first kappa shape index (κ1) is 24.9. The first-order valence-electron chi connectivity index (χ1n) is 12.3. The molecule has 0 atom stereocenters. The third kappa shape index (κ3) is 5.38. The average molecular weight is 483 g/mol. The van der Waals surface area contributed by atoms with E-state index in [9.17, 15) is 14.4 Å². The normalized spacial score (nSPS) is 10.9. The second kappa shape index (κ2) is 11.0. The van der Waals surface area contributed by atoms with Crippen LogP contribution in [0, 0.1) is 0 Å². The van der Waals surface area contributed by atoms with Crippen molar-refractivity contribution in [3.63, 3.8) is 0 Å². The summed E-state index contributed by atoms with van der Waals surface area (Å²) in [6.07, 6.45) is 3.12. The molecule has 4 rings (SSSR count). The molecular weight excluding hydrogens is 452 g/mol. The maximum Gasteiger partial charge on any atom is 0.244 e. The van der Waals surface area contributed by atoms with Crippen molar-refractivity contribution in [3.8, 4) is 5.75 Å². The number of benzene rings is 3. The van der Waals surface area contributed by atoms with Crippen LogP contribution < -0.4 is 15.5 Å². The number of carbonyl (C=O) groups excluding carboxylic acids is 2. The Hall–Kier alpha value is -4.19. The minimum atomic E-state index is -0.355. The summed E-state index contributed by atoms with van der Waals surface area (Å²) >= 11 is 0. The highest BCUT2D eigenvalue weighted by atomic mass is 16.5. The summed E-state index contributed by atoms with van der Waals surface area (Å²) in [5.41, 5.74) is 3.51. The number of anilines is 1. The monoisotopic (exact) mass is 482 g/mol. The first-order valence-corrected chi connectivity index (χ1v) is 12.3. The molecule has 6 heteroatoms. The molecule has 0 saturated carbocycles. The molecule has 0 unspecified atom stereocenters. The Kier molecular flexibility index (Phi) is 7.64. The van der Waals surface area contributed by atoms with E-state index in [-0.39, 0.29) is 29.2 Å². The Morgan fingerprint density at radius 3 is 2.17 bits per heavy atom. The minimum absolute atomic E-state index is 0.0499. The molecule has 1 amide bonds. The van der Waals surface area contributed by atoms with E-state index in [2.05, 4.69) is 5.32 Å². The standard InChI is InChI=1S/C30H30N2O4/c1-4-20-7-10-22(11-8-20)29(34)26-18-32(27-16-9-21(5-2)17-25(27)30(26)35)19-28(33)31-23-12-14-24(15-13-23)36-6-3/h7-18H,4-6,19H2,1-3H3,(H,31,33). The molecule has 1 heterocycles. The van der Waals surface area contributed by atoms with Gasteiger partial charge >= 0.3 is 0 Å². The Bertz CT molecular complexity index is 1450. The molecule has 0 aliphatic rings. The van der Waals surface area contributed by atoms with Crippen LogP contribution in [0.25, 0.3) is 10.9 Å². The van der Waals surface area contributed by atoms with E-state index >= 15 is 0 Å². The molecule has 0 bridgehead atoms. The quantitative estimate of drug-likeness (QED) is 0.324. The van der Waals surface area contributed by atoms with Crippen molar-refractivity contribution in [2.75, 3.05) is 11.9 Å². The lowest BCUT2D eigenvalue weighted by Gasteiger charge is -2.14. The molecule has 1 N–H and O–H groups in total. The van der Waals surface area contributed by atoms with Gasteiger partial charge in [-0.3, -0.25) is 14.4 Å². The highest BCUT2D eigenvalue weighted by Crippen LogP contribution is 2.19. The number of amides is 1. The van der Waals surface area contributed by atoms with Gasteiger partial charge in [-0.15, -0.1) is 0 Å². The number of pyridine rings is 1. The summed E-state index contributed by atoms with van der Waals surface area (Å²) in [5, 5.41) is 3.31. The second-order valence-electron chi connectivity index (χ2n) is 8.59. The van der Waals surface area contributed by atoms with Gasteiger partial charge in [-0.05, 0) is 67.3 Å². The van der Waals surface area contributed by atoms with E-state index in [1.54, 1.807) is 41.0 Å². The maximum atomic E-state index is 13.4. The van der Waals surface area contributed by atoms with Gasteiger partial charge in [0, 0.05) is 22.8 Å². The maximum absolute atomic E-state index is 13.4. The van der Waals surface area contributed by atoms with Crippen LogP contribution in [-0.4, -0.2) is 22.9 Å². The van der Waals surface area contributed by atoms with Crippen molar-refractivity contribution in [3.05, 3.63) is 105 Å². The van der Waals surface area contributed by atoms with Crippen molar-refractivity contribution in [2.45, 2.75) is 40.2 Å². The third-order valence-corrected chi connectivity index (χ3v) is 6.18. The van der Waals surface area contributed by atoms with Gasteiger partial charge in [0.2, 0.25) is 11.3 Å². The van der Waals surface area contributed by atoms with Crippen molar-refractivity contribution in [1.29, 1.82) is 0 Å². The molecule has 3 aromatic carbocycles. The van der Waals surface area contributed by atoms with Crippen LogP contribution in [0.1, 0.15) is 47.8 Å². The number of fused-ring (bicyclic) bond motifs is 1. The number of carbonyl (C=O) groups is 2. The average Bonchev–Trinajstić information content (AvgIpc) is 2.91. The molecular formula is C30H30N2O4. The van der Waals surface area contributed by atoms with Crippen molar-refractivity contribution >= 4 is 28.3 Å². The van der Waals surface area contributed by atoms with Crippen LogP contribution in [0.5, 0.6) is 5.75 Å². The number of aryl methyl sites for hydroxylation is 2. The Morgan fingerprint density at radius 1 is 0.861 bits per heavy atom. The number of aromatic nitrogens is 1. The predicted molar refractivity (Wildman–Crippen MR) is 143 cm³/mol. The fourth-order valence-corrected chi connectivity index (χ4v) is 4.16. The van der Waals surface area contributed by atoms with E-state index in [4.69, 9.17) is 4.74 Å². The summed E-state index contributed by atoms with van der Waals surface area (Å²) in [4.78, 5) is 39.7. The highest BCUT2D eigenvalue weighted by molar-refractivity contribution is 6.10. The zero-order valence-corrected chi connectivity index (χ0v) is 20.8. The fraction of sp³-hybridized carbons (Fsp3) is 0.233. The number of nitrogens with zero attached hydrogens (tertiary/aromatic N) is 1. The minimum Gasteiger partial charge on any atom is -0.494 e. The van der Waals surface area contributed by atoms with E-state index in [1.807, 2.05) is 51.1 Å². The fourth-order valence-electron chi connectivity index (χ4n) is 4.16. The van der Waals surface area contributed by atoms with Crippen LogP contribution in [0.2, 0.25) is 0 Å². The van der Waals surface area contributed by atoms with Gasteiger partial charge in [-0.1, -0.05) is 44.2 Å². The summed E-state index contributed by atoms with van der Waals surface area (Å²) in [7, 11) is 0. The Labute approximate surface area is 210 Å². The number of hydrogen-bond acceptors (Lipinski definition) is 4. The topological polar surface area (TPSA) is 77.4 Å². The number of rotatable bonds is 9. The lowest BCUT2D eigenvalue weighted by Crippen LogP contribution is -2.24. The molecule has 6 nitrogen and oxygen atoms in total. The van der Waals surface area contributed by atoms with E-state index in [0.717, 1.165) is 29.7 Å². The second-order valence-corrected chi connectivity index (χ2v) is 8.59. The molecule has 0 aliphatic carbocycles. The molecule has 4 aromatic rings. The molecule has 36 heavy (non-hydrogen) atoms. The predicted octanol–water partition coefficient (Wildman–Crippen LogP) is 5.39. The van der Waals surface area contributed by atoms with E-state index in [0.29, 0.717) is 28.8 Å². The van der Waals surface area contributed by atoms with Gasteiger partial charge < -0.3 is 14.6 Å². The van der Waals surface area contributed by atoms with Crippen molar-refractivity contribution in [2.24, 2.45) is 0 Å². The zero-order valence-electron chi connectivity index (χ0n) is 20.8. The molecule has 0 spiro atoms. The third-order valence-electron chi connectivity index (χ3n) is 6.18. The summed E-state index contributed by atoms with van der Waals surface area (Å²) < 4.78 is 7.12. The van der Waals surface area contributed by atoms with Crippen LogP contribution in [0.4, 0.5) is 5.69 Å². The number of ketones is 1. The summed E-state index contributed by atoms with van der Waals surface area (Å²) in [6.45, 7) is 6.48. The van der Waals surface area contributed by atoms with E-state index < -0.39 is 0 Å². The van der Waals surface area contributed by atoms with Gasteiger partial charge in [0.15, 0.2) is 5.78 Å². The summed E-state index contributed by atoms with van der Waals surface area (Å²) in [6, 6.07) is 20.0.